The minimum Gasteiger partial charge on any atom is -0.265 e. The first kappa shape index (κ1) is 19.0. The smallest absolute Gasteiger partial charge is 0.265 e. The minimum absolute atomic E-state index is 0.111. The molecule has 0 aliphatic heterocycles. The third-order valence-electron chi connectivity index (χ3n) is 3.11. The lowest BCUT2D eigenvalue weighted by molar-refractivity contribution is 0.602. The van der Waals surface area contributed by atoms with E-state index in [2.05, 4.69) is 25.8 Å². The van der Waals surface area contributed by atoms with E-state index in [1.54, 1.807) is 29.1 Å². The van der Waals surface area contributed by atoms with Crippen molar-refractivity contribution in [1.82, 2.24) is 9.78 Å². The van der Waals surface area contributed by atoms with Crippen LogP contribution in [0.5, 0.6) is 0 Å². The van der Waals surface area contributed by atoms with Crippen LogP contribution in [0.3, 0.4) is 0 Å². The van der Waals surface area contributed by atoms with Crippen molar-refractivity contribution in [1.29, 1.82) is 0 Å². The first-order valence-electron chi connectivity index (χ1n) is 6.69. The number of hydrogen-bond donors (Lipinski definition) is 1. The predicted octanol–water partition coefficient (Wildman–Crippen LogP) is 5.52. The number of halogens is 4. The van der Waals surface area contributed by atoms with Crippen LogP contribution in [0.15, 0.2) is 45.2 Å². The van der Waals surface area contributed by atoms with Crippen molar-refractivity contribution in [3.63, 3.8) is 0 Å². The van der Waals surface area contributed by atoms with Crippen molar-refractivity contribution >= 4 is 77.9 Å². The van der Waals surface area contributed by atoms with Crippen LogP contribution in [0.25, 0.3) is 0 Å². The van der Waals surface area contributed by atoms with Crippen LogP contribution >= 0.6 is 62.1 Å². The molecule has 0 aliphatic carbocycles. The molecule has 0 radical (unpaired) electrons. The van der Waals surface area contributed by atoms with Gasteiger partial charge in [-0.3, -0.25) is 9.40 Å². The third kappa shape index (κ3) is 4.50. The van der Waals surface area contributed by atoms with Crippen molar-refractivity contribution in [3.05, 3.63) is 60.9 Å². The van der Waals surface area contributed by atoms with E-state index >= 15 is 0 Å². The summed E-state index contributed by atoms with van der Waals surface area (Å²) in [5, 5.41) is 5.29. The Bertz CT molecular complexity index is 1030. The van der Waals surface area contributed by atoms with E-state index in [9.17, 15) is 8.42 Å². The molecule has 2 heterocycles. The summed E-state index contributed by atoms with van der Waals surface area (Å²) in [7, 11) is -3.75. The van der Waals surface area contributed by atoms with Crippen molar-refractivity contribution in [3.8, 4) is 0 Å². The summed E-state index contributed by atoms with van der Waals surface area (Å²) in [6, 6.07) is 8.12. The second-order valence-electron chi connectivity index (χ2n) is 4.92. The van der Waals surface area contributed by atoms with Crippen molar-refractivity contribution < 1.29 is 8.42 Å². The molecule has 0 unspecified atom stereocenters. The lowest BCUT2D eigenvalue weighted by Crippen LogP contribution is -2.12. The quantitative estimate of drug-likeness (QED) is 0.501. The zero-order valence-electron chi connectivity index (χ0n) is 12.2. The molecular weight excluding hydrogens is 493 g/mol. The highest BCUT2D eigenvalue weighted by atomic mass is 79.9. The second-order valence-corrected chi connectivity index (χ2v) is 10.2. The van der Waals surface area contributed by atoms with Gasteiger partial charge in [0.2, 0.25) is 0 Å². The molecule has 0 amide bonds. The highest BCUT2D eigenvalue weighted by Crippen LogP contribution is 2.29. The van der Waals surface area contributed by atoms with Gasteiger partial charge in [0.1, 0.15) is 4.21 Å². The van der Waals surface area contributed by atoms with Crippen LogP contribution in [0.2, 0.25) is 14.4 Å². The van der Waals surface area contributed by atoms with Crippen LogP contribution in [-0.2, 0) is 16.6 Å². The van der Waals surface area contributed by atoms with Crippen LogP contribution in [0.1, 0.15) is 5.56 Å². The number of nitrogens with one attached hydrogen (secondary N) is 1. The van der Waals surface area contributed by atoms with Crippen molar-refractivity contribution in [2.45, 2.75) is 10.8 Å². The van der Waals surface area contributed by atoms with Crippen LogP contribution < -0.4 is 4.72 Å². The number of aromatic nitrogens is 2. The Morgan fingerprint density at radius 1 is 1.20 bits per heavy atom. The Morgan fingerprint density at radius 2 is 1.96 bits per heavy atom. The van der Waals surface area contributed by atoms with Gasteiger partial charge in [-0.1, -0.05) is 40.9 Å². The molecule has 0 saturated heterocycles. The van der Waals surface area contributed by atoms with Gasteiger partial charge in [-0.15, -0.1) is 11.3 Å². The van der Waals surface area contributed by atoms with E-state index in [4.69, 9.17) is 34.8 Å². The van der Waals surface area contributed by atoms with E-state index < -0.39 is 10.0 Å². The van der Waals surface area contributed by atoms with Gasteiger partial charge >= 0.3 is 0 Å². The highest BCUT2D eigenvalue weighted by molar-refractivity contribution is 9.10. The molecule has 11 heteroatoms. The number of nitrogens with zero attached hydrogens (tertiary/aromatic N) is 2. The highest BCUT2D eigenvalue weighted by Gasteiger charge is 2.20. The van der Waals surface area contributed by atoms with Gasteiger partial charge in [0.15, 0.2) is 5.82 Å². The molecule has 5 nitrogen and oxygen atoms in total. The van der Waals surface area contributed by atoms with Gasteiger partial charge in [-0.25, -0.2) is 8.42 Å². The van der Waals surface area contributed by atoms with E-state index in [0.29, 0.717) is 25.4 Å². The van der Waals surface area contributed by atoms with E-state index in [1.807, 2.05) is 0 Å². The SMILES string of the molecule is O=S(=O)(Nc1nn(Cc2ccc(Cl)cc2Cl)cc1Br)c1ccc(Cl)s1. The Morgan fingerprint density at radius 3 is 2.60 bits per heavy atom. The third-order valence-corrected chi connectivity index (χ3v) is 7.34. The average Bonchev–Trinajstić information content (AvgIpc) is 3.09. The lowest BCUT2D eigenvalue weighted by Gasteiger charge is -2.05. The van der Waals surface area contributed by atoms with Crippen LogP contribution in [-0.4, -0.2) is 18.2 Å². The van der Waals surface area contributed by atoms with E-state index in [0.717, 1.165) is 16.9 Å². The number of thiophene rings is 1. The van der Waals surface area contributed by atoms with Gasteiger partial charge in [0, 0.05) is 16.2 Å². The zero-order chi connectivity index (χ0) is 18.2. The summed E-state index contributed by atoms with van der Waals surface area (Å²) in [5.41, 5.74) is 0.806. The molecule has 0 aliphatic rings. The van der Waals surface area contributed by atoms with E-state index in [-0.39, 0.29) is 10.0 Å². The zero-order valence-corrected chi connectivity index (χ0v) is 17.7. The number of benzene rings is 1. The Kier molecular flexibility index (Phi) is 5.67. The number of rotatable bonds is 5. The van der Waals surface area contributed by atoms with Gasteiger partial charge in [-0.05, 0) is 45.8 Å². The van der Waals surface area contributed by atoms with Gasteiger partial charge in [-0.2, -0.15) is 5.10 Å². The monoisotopic (exact) mass is 499 g/mol. The van der Waals surface area contributed by atoms with Crippen molar-refractivity contribution in [2.24, 2.45) is 0 Å². The minimum atomic E-state index is -3.75. The first-order chi connectivity index (χ1) is 11.7. The summed E-state index contributed by atoms with van der Waals surface area (Å²) in [6.07, 6.45) is 1.66. The number of anilines is 1. The maximum absolute atomic E-state index is 12.4. The molecule has 0 atom stereocenters. The standard InChI is InChI=1S/C14H9BrCl3N3O2S2/c15-10-7-21(6-8-1-2-9(16)5-11(8)17)19-14(10)20-25(22,23)13-4-3-12(18)24-13/h1-5,7H,6H2,(H,19,20). The Labute approximate surface area is 171 Å². The molecular formula is C14H9BrCl3N3O2S2. The molecule has 3 rings (SSSR count). The first-order valence-corrected chi connectivity index (χ1v) is 10.9. The summed E-state index contributed by atoms with van der Waals surface area (Å²) < 4.78 is 29.7. The van der Waals surface area contributed by atoms with Gasteiger partial charge in [0.25, 0.3) is 10.0 Å². The van der Waals surface area contributed by atoms with Gasteiger partial charge in [0.05, 0.1) is 15.4 Å². The molecule has 132 valence electrons. The molecule has 0 fully saturated rings. The molecule has 25 heavy (non-hydrogen) atoms. The van der Waals surface area contributed by atoms with Gasteiger partial charge < -0.3 is 0 Å². The van der Waals surface area contributed by atoms with E-state index in [1.165, 1.54) is 12.1 Å². The summed E-state index contributed by atoms with van der Waals surface area (Å²) in [5.74, 6) is 0.176. The molecule has 1 N–H and O–H groups in total. The largest absolute Gasteiger partial charge is 0.272 e. The topological polar surface area (TPSA) is 64.0 Å². The maximum atomic E-state index is 12.4. The lowest BCUT2D eigenvalue weighted by atomic mass is 10.2. The summed E-state index contributed by atoms with van der Waals surface area (Å²) >= 11 is 22.1. The fourth-order valence-corrected chi connectivity index (χ4v) is 5.51. The molecule has 3 aromatic rings. The van der Waals surface area contributed by atoms with Crippen molar-refractivity contribution in [2.75, 3.05) is 4.72 Å². The molecule has 1 aromatic carbocycles. The Balaban J connectivity index is 1.83. The predicted molar refractivity (Wildman–Crippen MR) is 106 cm³/mol. The molecule has 0 spiro atoms. The summed E-state index contributed by atoms with van der Waals surface area (Å²) in [4.78, 5) is 0. The normalized spacial score (nSPS) is 11.7. The fraction of sp³-hybridized carbons (Fsp3) is 0.0714. The van der Waals surface area contributed by atoms with Crippen LogP contribution in [0, 0.1) is 0 Å². The molecule has 0 bridgehead atoms. The fourth-order valence-electron chi connectivity index (χ4n) is 1.99. The number of sulfonamides is 1. The van der Waals surface area contributed by atoms with Crippen LogP contribution in [0.4, 0.5) is 5.82 Å². The number of hydrogen-bond acceptors (Lipinski definition) is 4. The Hall–Kier alpha value is -0.770. The average molecular weight is 502 g/mol. The maximum Gasteiger partial charge on any atom is 0.272 e. The molecule has 0 saturated carbocycles. The second kappa shape index (κ2) is 7.46. The molecule has 2 aromatic heterocycles. The summed E-state index contributed by atoms with van der Waals surface area (Å²) in [6.45, 7) is 0.362.